The van der Waals surface area contributed by atoms with Crippen molar-refractivity contribution >= 4 is 19.6 Å². The normalized spacial score (nSPS) is 27.0. The molecule has 0 saturated carbocycles. The number of nitrogens with zero attached hydrogens (tertiary/aromatic N) is 1. The first kappa shape index (κ1) is 26.8. The van der Waals surface area contributed by atoms with Crippen molar-refractivity contribution in [2.24, 2.45) is 0 Å². The number of aliphatic hydroxyl groups is 1. The summed E-state index contributed by atoms with van der Waals surface area (Å²) >= 11 is 0. The molecule has 3 rings (SSSR count). The van der Waals surface area contributed by atoms with Crippen molar-refractivity contribution in [3.8, 4) is 5.75 Å². The van der Waals surface area contributed by atoms with Crippen molar-refractivity contribution in [2.75, 3.05) is 7.11 Å². The van der Waals surface area contributed by atoms with E-state index in [1.165, 1.54) is 26.0 Å². The molecule has 14 heteroatoms. The summed E-state index contributed by atoms with van der Waals surface area (Å²) in [5.74, 6) is -5.26. The van der Waals surface area contributed by atoms with Crippen LogP contribution in [0.1, 0.15) is 13.8 Å². The molecule has 2 aliphatic heterocycles. The van der Waals surface area contributed by atoms with Gasteiger partial charge in [-0.15, -0.1) is 0 Å². The Hall–Kier alpha value is -2.83. The average molecular weight is 517 g/mol. The first-order valence-electron chi connectivity index (χ1n) is 10.4. The van der Waals surface area contributed by atoms with Crippen LogP contribution in [0.3, 0.4) is 0 Å². The Morgan fingerprint density at radius 2 is 2.00 bits per heavy atom. The monoisotopic (exact) mass is 517 g/mol. The van der Waals surface area contributed by atoms with Crippen LogP contribution in [0.4, 0.5) is 8.78 Å². The van der Waals surface area contributed by atoms with Crippen LogP contribution in [0.15, 0.2) is 55.0 Å². The molecular formula is C21H26F2N3O8P. The van der Waals surface area contributed by atoms with Gasteiger partial charge < -0.3 is 29.3 Å². The quantitative estimate of drug-likeness (QED) is 0.329. The summed E-state index contributed by atoms with van der Waals surface area (Å²) < 4.78 is 64.5. The van der Waals surface area contributed by atoms with E-state index in [0.717, 1.165) is 24.3 Å². The first-order valence-corrected chi connectivity index (χ1v) is 12.0. The minimum absolute atomic E-state index is 0.106. The molecule has 1 fully saturated rings. The van der Waals surface area contributed by atoms with Gasteiger partial charge in [-0.1, -0.05) is 24.8 Å². The minimum atomic E-state index is -4.40. The third-order valence-corrected chi connectivity index (χ3v) is 6.95. The zero-order valence-electron chi connectivity index (χ0n) is 19.1. The van der Waals surface area contributed by atoms with Crippen molar-refractivity contribution in [1.29, 1.82) is 0 Å². The summed E-state index contributed by atoms with van der Waals surface area (Å²) in [6.07, 6.45) is -5.50. The van der Waals surface area contributed by atoms with E-state index in [-0.39, 0.29) is 11.6 Å². The van der Waals surface area contributed by atoms with E-state index in [1.807, 2.05) is 0 Å². The second-order valence-corrected chi connectivity index (χ2v) is 9.46. The Labute approximate surface area is 200 Å². The van der Waals surface area contributed by atoms with Gasteiger partial charge in [0.05, 0.1) is 13.2 Å². The van der Waals surface area contributed by atoms with Crippen LogP contribution in [0.5, 0.6) is 5.75 Å². The number of aliphatic hydroxyl groups excluding tert-OH is 1. The Balaban J connectivity index is 1.83. The van der Waals surface area contributed by atoms with E-state index < -0.39 is 56.1 Å². The zero-order valence-corrected chi connectivity index (χ0v) is 20.0. The highest BCUT2D eigenvalue weighted by Gasteiger charge is 2.62. The fourth-order valence-corrected chi connectivity index (χ4v) is 5.14. The number of amides is 1. The highest BCUT2D eigenvalue weighted by atomic mass is 31.2. The van der Waals surface area contributed by atoms with Gasteiger partial charge in [0.15, 0.2) is 6.10 Å². The second-order valence-electron chi connectivity index (χ2n) is 7.82. The lowest BCUT2D eigenvalue weighted by Gasteiger charge is -2.33. The first-order chi connectivity index (χ1) is 16.4. The molecule has 0 radical (unpaired) electrons. The molecule has 1 saturated heterocycles. The van der Waals surface area contributed by atoms with Gasteiger partial charge in [-0.3, -0.25) is 14.1 Å². The van der Waals surface area contributed by atoms with Gasteiger partial charge in [0, 0.05) is 12.3 Å². The molecule has 1 amide bonds. The molecule has 1 aromatic rings. The van der Waals surface area contributed by atoms with Gasteiger partial charge in [0.25, 0.3) is 5.91 Å². The van der Waals surface area contributed by atoms with Crippen molar-refractivity contribution < 1.29 is 46.6 Å². The molecular weight excluding hydrogens is 491 g/mol. The van der Waals surface area contributed by atoms with E-state index in [4.69, 9.17) is 13.8 Å². The Bertz CT molecular complexity index is 1040. The van der Waals surface area contributed by atoms with Crippen LogP contribution in [0.25, 0.3) is 0 Å². The van der Waals surface area contributed by atoms with Gasteiger partial charge in [-0.25, -0.2) is 4.57 Å². The lowest BCUT2D eigenvalue weighted by molar-refractivity contribution is -0.152. The topological polar surface area (TPSA) is 136 Å². The molecule has 4 unspecified atom stereocenters. The summed E-state index contributed by atoms with van der Waals surface area (Å²) in [6.45, 7) is 6.11. The standard InChI is InChI=1S/C21H26F2N3O8P/c1-12(19(29)31-4)25-35(30,34-15-8-6-5-7-9-15)33-13(2)17-18(28)21(22,23)20(32-17)26-11-10-16(27)24-14(26)3/h5-13,17-18,20,28H,3H2,1-2,4H3,(H,24,27)(H,25,30)/t12?,13?,17-,18?,20-,35?/m1/s1. The minimum Gasteiger partial charge on any atom is -0.468 e. The van der Waals surface area contributed by atoms with Crippen molar-refractivity contribution in [3.05, 3.63) is 55.0 Å². The zero-order chi connectivity index (χ0) is 26.0. The third-order valence-electron chi connectivity index (χ3n) is 5.18. The fourth-order valence-electron chi connectivity index (χ4n) is 3.45. The van der Waals surface area contributed by atoms with Gasteiger partial charge >= 0.3 is 19.6 Å². The van der Waals surface area contributed by atoms with E-state index in [9.17, 15) is 28.0 Å². The van der Waals surface area contributed by atoms with Crippen LogP contribution in [-0.4, -0.2) is 65.5 Å². The number of hydrogen-bond acceptors (Lipinski definition) is 9. The Kier molecular flexibility index (Phi) is 7.97. The number of hydrogen-bond donors (Lipinski definition) is 3. The van der Waals surface area contributed by atoms with E-state index in [0.29, 0.717) is 0 Å². The SMILES string of the molecule is C=C1NC(=O)C=CN1[C@@H]1O[C@H](C(C)OP(=O)(NC(C)C(=O)OC)Oc2ccccc2)C(O)C1(F)F. The molecule has 0 aliphatic carbocycles. The predicted molar refractivity (Wildman–Crippen MR) is 118 cm³/mol. The molecule has 3 N–H and O–H groups in total. The second kappa shape index (κ2) is 10.4. The molecule has 192 valence electrons. The number of alkyl halides is 2. The summed E-state index contributed by atoms with van der Waals surface area (Å²) in [4.78, 5) is 24.1. The van der Waals surface area contributed by atoms with Crippen molar-refractivity contribution in [1.82, 2.24) is 15.3 Å². The molecule has 6 atom stereocenters. The molecule has 0 bridgehead atoms. The van der Waals surface area contributed by atoms with E-state index in [2.05, 4.69) is 21.7 Å². The maximum atomic E-state index is 15.0. The van der Waals surface area contributed by atoms with Gasteiger partial charge in [-0.2, -0.15) is 13.9 Å². The molecule has 35 heavy (non-hydrogen) atoms. The lowest BCUT2D eigenvalue weighted by Crippen LogP contribution is -2.50. The van der Waals surface area contributed by atoms with Gasteiger partial charge in [0.2, 0.25) is 6.23 Å². The predicted octanol–water partition coefficient (Wildman–Crippen LogP) is 1.87. The van der Waals surface area contributed by atoms with Gasteiger partial charge in [-0.05, 0) is 26.0 Å². The fraction of sp³-hybridized carbons (Fsp3) is 0.429. The largest absolute Gasteiger partial charge is 0.468 e. The number of benzene rings is 1. The van der Waals surface area contributed by atoms with E-state index in [1.54, 1.807) is 18.2 Å². The maximum absolute atomic E-state index is 15.0. The number of esters is 1. The summed E-state index contributed by atoms with van der Waals surface area (Å²) in [5, 5.41) is 15.0. The maximum Gasteiger partial charge on any atom is 0.459 e. The molecule has 1 aromatic carbocycles. The lowest BCUT2D eigenvalue weighted by atomic mass is 10.1. The van der Waals surface area contributed by atoms with Crippen LogP contribution in [0.2, 0.25) is 0 Å². The number of carbonyl (C=O) groups is 2. The molecule has 2 heterocycles. The smallest absolute Gasteiger partial charge is 0.459 e. The molecule has 0 spiro atoms. The van der Waals surface area contributed by atoms with Crippen molar-refractivity contribution in [3.63, 3.8) is 0 Å². The van der Waals surface area contributed by atoms with E-state index >= 15 is 0 Å². The van der Waals surface area contributed by atoms with Crippen molar-refractivity contribution in [2.45, 2.75) is 50.4 Å². The number of para-hydroxylation sites is 1. The highest BCUT2D eigenvalue weighted by Crippen LogP contribution is 2.49. The molecule has 2 aliphatic rings. The summed E-state index contributed by atoms with van der Waals surface area (Å²) in [5.41, 5.74) is 0. The van der Waals surface area contributed by atoms with Crippen LogP contribution < -0.4 is 14.9 Å². The van der Waals surface area contributed by atoms with Crippen LogP contribution in [0, 0.1) is 0 Å². The molecule has 0 aromatic heterocycles. The number of carbonyl (C=O) groups excluding carboxylic acids is 2. The Morgan fingerprint density at radius 1 is 1.34 bits per heavy atom. The van der Waals surface area contributed by atoms with Crippen LogP contribution in [-0.2, 0) is 28.2 Å². The summed E-state index contributed by atoms with van der Waals surface area (Å²) in [6, 6.07) is 6.66. The number of halogens is 2. The number of nitrogens with one attached hydrogen (secondary N) is 2. The third kappa shape index (κ3) is 5.88. The number of rotatable bonds is 9. The van der Waals surface area contributed by atoms with Gasteiger partial charge in [0.1, 0.15) is 23.7 Å². The average Bonchev–Trinajstić information content (AvgIpc) is 3.02. The number of ether oxygens (including phenoxy) is 2. The molecule has 11 nitrogen and oxygen atoms in total. The van der Waals surface area contributed by atoms with Crippen LogP contribution >= 0.6 is 7.75 Å². The Morgan fingerprint density at radius 3 is 2.60 bits per heavy atom. The highest BCUT2D eigenvalue weighted by molar-refractivity contribution is 7.52. The number of methoxy groups -OCH3 is 1. The summed E-state index contributed by atoms with van der Waals surface area (Å²) in [7, 11) is -3.27.